The largest absolute Gasteiger partial charge is 0.306 e. The number of nitrogens with zero attached hydrogens (tertiary/aromatic N) is 2. The Morgan fingerprint density at radius 1 is 1.18 bits per heavy atom. The van der Waals surface area contributed by atoms with E-state index in [0.29, 0.717) is 5.02 Å². The maximum atomic E-state index is 13.1. The fourth-order valence-electron chi connectivity index (χ4n) is 1.74. The molecule has 84 valence electrons. The van der Waals surface area contributed by atoms with E-state index in [1.165, 1.54) is 12.1 Å². The summed E-state index contributed by atoms with van der Waals surface area (Å²) in [6.07, 6.45) is 3.67. The number of imidazole rings is 1. The SMILES string of the molecule is Fc1cccc(-c2cn3ccc(Cl)cc3n2)c1. The Bertz CT molecular complexity index is 691. The third-order valence-electron chi connectivity index (χ3n) is 2.54. The first-order valence-corrected chi connectivity index (χ1v) is 5.50. The molecule has 0 N–H and O–H groups in total. The second-order valence-electron chi connectivity index (χ2n) is 3.75. The first kappa shape index (κ1) is 10.3. The summed E-state index contributed by atoms with van der Waals surface area (Å²) in [5, 5.41) is 0.633. The lowest BCUT2D eigenvalue weighted by Gasteiger charge is -1.94. The van der Waals surface area contributed by atoms with Crippen molar-refractivity contribution in [1.29, 1.82) is 0 Å². The third-order valence-corrected chi connectivity index (χ3v) is 2.78. The molecule has 2 nitrogen and oxygen atoms in total. The smallest absolute Gasteiger partial charge is 0.138 e. The summed E-state index contributed by atoms with van der Waals surface area (Å²) in [7, 11) is 0. The normalized spacial score (nSPS) is 10.9. The molecule has 17 heavy (non-hydrogen) atoms. The quantitative estimate of drug-likeness (QED) is 0.639. The molecule has 1 aromatic carbocycles. The molecule has 0 spiro atoms. The topological polar surface area (TPSA) is 17.3 Å². The van der Waals surface area contributed by atoms with Gasteiger partial charge in [-0.15, -0.1) is 0 Å². The molecule has 3 rings (SSSR count). The van der Waals surface area contributed by atoms with Gasteiger partial charge in [0, 0.05) is 29.0 Å². The summed E-state index contributed by atoms with van der Waals surface area (Å²) < 4.78 is 15.0. The van der Waals surface area contributed by atoms with Crippen molar-refractivity contribution in [3.05, 3.63) is 59.6 Å². The Kier molecular flexibility index (Phi) is 2.34. The molecule has 3 aromatic rings. The van der Waals surface area contributed by atoms with E-state index in [0.717, 1.165) is 16.9 Å². The van der Waals surface area contributed by atoms with Crippen molar-refractivity contribution in [2.75, 3.05) is 0 Å². The van der Waals surface area contributed by atoms with Crippen molar-refractivity contribution in [3.63, 3.8) is 0 Å². The number of aromatic nitrogens is 2. The van der Waals surface area contributed by atoms with E-state index in [1.54, 1.807) is 18.2 Å². The van der Waals surface area contributed by atoms with Crippen molar-refractivity contribution in [2.45, 2.75) is 0 Å². The highest BCUT2D eigenvalue weighted by Crippen LogP contribution is 2.21. The molecule has 4 heteroatoms. The molecule has 0 amide bonds. The van der Waals surface area contributed by atoms with Gasteiger partial charge in [-0.25, -0.2) is 9.37 Å². The Morgan fingerprint density at radius 3 is 2.88 bits per heavy atom. The Morgan fingerprint density at radius 2 is 2.06 bits per heavy atom. The monoisotopic (exact) mass is 246 g/mol. The highest BCUT2D eigenvalue weighted by molar-refractivity contribution is 6.30. The average Bonchev–Trinajstić information content (AvgIpc) is 2.72. The predicted molar refractivity (Wildman–Crippen MR) is 65.6 cm³/mol. The Labute approximate surface area is 102 Å². The molecule has 0 saturated heterocycles. The molecule has 0 saturated carbocycles. The maximum absolute atomic E-state index is 13.1. The van der Waals surface area contributed by atoms with Crippen LogP contribution >= 0.6 is 11.6 Å². The van der Waals surface area contributed by atoms with Gasteiger partial charge < -0.3 is 4.40 Å². The van der Waals surface area contributed by atoms with Crippen molar-refractivity contribution in [2.24, 2.45) is 0 Å². The van der Waals surface area contributed by atoms with Crippen molar-refractivity contribution >= 4 is 17.2 Å². The van der Waals surface area contributed by atoms with Crippen LogP contribution in [0.4, 0.5) is 4.39 Å². The number of halogens is 2. The molecule has 2 aromatic heterocycles. The lowest BCUT2D eigenvalue weighted by Crippen LogP contribution is -1.79. The number of rotatable bonds is 1. The van der Waals surface area contributed by atoms with Gasteiger partial charge in [0.25, 0.3) is 0 Å². The number of fused-ring (bicyclic) bond motifs is 1. The molecule has 0 radical (unpaired) electrons. The van der Waals surface area contributed by atoms with Crippen LogP contribution in [0, 0.1) is 5.82 Å². The molecule has 0 fully saturated rings. The zero-order valence-corrected chi connectivity index (χ0v) is 9.53. The zero-order valence-electron chi connectivity index (χ0n) is 8.77. The van der Waals surface area contributed by atoms with Gasteiger partial charge in [-0.05, 0) is 18.2 Å². The summed E-state index contributed by atoms with van der Waals surface area (Å²) in [4.78, 5) is 4.40. The van der Waals surface area contributed by atoms with E-state index in [4.69, 9.17) is 11.6 Å². The zero-order chi connectivity index (χ0) is 11.8. The number of benzene rings is 1. The van der Waals surface area contributed by atoms with Crippen LogP contribution < -0.4 is 0 Å². The minimum Gasteiger partial charge on any atom is -0.306 e. The third kappa shape index (κ3) is 1.89. The molecular formula is C13H8ClFN2. The van der Waals surface area contributed by atoms with Crippen LogP contribution in [0.2, 0.25) is 5.02 Å². The molecule has 0 unspecified atom stereocenters. The summed E-state index contributed by atoms with van der Waals surface area (Å²) >= 11 is 5.89. The van der Waals surface area contributed by atoms with Gasteiger partial charge in [0.1, 0.15) is 11.5 Å². The molecule has 0 aliphatic carbocycles. The van der Waals surface area contributed by atoms with E-state index in [9.17, 15) is 4.39 Å². The van der Waals surface area contributed by atoms with Gasteiger partial charge in [-0.3, -0.25) is 0 Å². The summed E-state index contributed by atoms with van der Waals surface area (Å²) in [6, 6.07) is 9.92. The minimum absolute atomic E-state index is 0.266. The van der Waals surface area contributed by atoms with E-state index in [2.05, 4.69) is 4.98 Å². The van der Waals surface area contributed by atoms with Crippen LogP contribution in [0.3, 0.4) is 0 Å². The average molecular weight is 247 g/mol. The van der Waals surface area contributed by atoms with Gasteiger partial charge in [-0.2, -0.15) is 0 Å². The molecule has 2 heterocycles. The van der Waals surface area contributed by atoms with E-state index in [-0.39, 0.29) is 5.82 Å². The molecule has 0 bridgehead atoms. The van der Waals surface area contributed by atoms with E-state index >= 15 is 0 Å². The number of pyridine rings is 1. The van der Waals surface area contributed by atoms with Crippen LogP contribution in [-0.4, -0.2) is 9.38 Å². The maximum Gasteiger partial charge on any atom is 0.138 e. The molecule has 0 aliphatic rings. The van der Waals surface area contributed by atoms with Gasteiger partial charge in [0.2, 0.25) is 0 Å². The van der Waals surface area contributed by atoms with Crippen molar-refractivity contribution < 1.29 is 4.39 Å². The van der Waals surface area contributed by atoms with Crippen molar-refractivity contribution in [1.82, 2.24) is 9.38 Å². The first-order valence-electron chi connectivity index (χ1n) is 5.12. The van der Waals surface area contributed by atoms with E-state index < -0.39 is 0 Å². The summed E-state index contributed by atoms with van der Waals surface area (Å²) in [6.45, 7) is 0. The highest BCUT2D eigenvalue weighted by Gasteiger charge is 2.05. The second kappa shape index (κ2) is 3.86. The lowest BCUT2D eigenvalue weighted by molar-refractivity contribution is 0.628. The van der Waals surface area contributed by atoms with Gasteiger partial charge >= 0.3 is 0 Å². The summed E-state index contributed by atoms with van der Waals surface area (Å²) in [5.41, 5.74) is 2.23. The fraction of sp³-hybridized carbons (Fsp3) is 0. The minimum atomic E-state index is -0.266. The van der Waals surface area contributed by atoms with Gasteiger partial charge in [-0.1, -0.05) is 23.7 Å². The number of hydrogen-bond acceptors (Lipinski definition) is 1. The molecule has 0 aliphatic heterocycles. The number of hydrogen-bond donors (Lipinski definition) is 0. The van der Waals surface area contributed by atoms with Crippen LogP contribution in [0.1, 0.15) is 0 Å². The van der Waals surface area contributed by atoms with Crippen LogP contribution in [-0.2, 0) is 0 Å². The molecular weight excluding hydrogens is 239 g/mol. The standard InChI is InChI=1S/C13H8ClFN2/c14-10-4-5-17-8-12(16-13(17)7-10)9-2-1-3-11(15)6-9/h1-8H. The fourth-order valence-corrected chi connectivity index (χ4v) is 1.90. The van der Waals surface area contributed by atoms with Crippen LogP contribution in [0.15, 0.2) is 48.8 Å². The van der Waals surface area contributed by atoms with Gasteiger partial charge in [0.05, 0.1) is 5.69 Å². The second-order valence-corrected chi connectivity index (χ2v) is 4.18. The highest BCUT2D eigenvalue weighted by atomic mass is 35.5. The predicted octanol–water partition coefficient (Wildman–Crippen LogP) is 3.79. The summed E-state index contributed by atoms with van der Waals surface area (Å²) in [5.74, 6) is -0.266. The van der Waals surface area contributed by atoms with Crippen molar-refractivity contribution in [3.8, 4) is 11.3 Å². The molecule has 0 atom stereocenters. The van der Waals surface area contributed by atoms with E-state index in [1.807, 2.05) is 22.9 Å². The Hall–Kier alpha value is -1.87. The van der Waals surface area contributed by atoms with Gasteiger partial charge in [0.15, 0.2) is 0 Å². The lowest BCUT2D eigenvalue weighted by atomic mass is 10.2. The first-order chi connectivity index (χ1) is 8.22. The van der Waals surface area contributed by atoms with Crippen LogP contribution in [0.25, 0.3) is 16.9 Å². The Balaban J connectivity index is 2.18. The van der Waals surface area contributed by atoms with Crippen LogP contribution in [0.5, 0.6) is 0 Å².